The molecule has 0 saturated heterocycles. The van der Waals surface area contributed by atoms with Crippen LogP contribution in [0, 0.1) is 17.3 Å². The zero-order valence-electron chi connectivity index (χ0n) is 7.35. The maximum atomic E-state index is 3.90. The molecule has 0 radical (unpaired) electrons. The maximum Gasteiger partial charge on any atom is -0.00895 e. The highest BCUT2D eigenvalue weighted by Gasteiger charge is 2.51. The topological polar surface area (TPSA) is 0 Å². The normalized spacial score (nSPS) is 38.2. The Bertz CT molecular complexity index is 135. The summed E-state index contributed by atoms with van der Waals surface area (Å²) in [6.45, 7) is 10.8. The molecule has 0 spiro atoms. The minimum atomic E-state index is 0.536. The molecule has 1 aliphatic carbocycles. The van der Waals surface area contributed by atoms with E-state index in [2.05, 4.69) is 33.4 Å². The quantitative estimate of drug-likeness (QED) is 0.525. The molecule has 0 nitrogen and oxygen atoms in total. The minimum absolute atomic E-state index is 0.536. The molecule has 10 heavy (non-hydrogen) atoms. The van der Waals surface area contributed by atoms with E-state index in [0.717, 1.165) is 11.8 Å². The Morgan fingerprint density at radius 1 is 1.70 bits per heavy atom. The van der Waals surface area contributed by atoms with Crippen LogP contribution in [0.1, 0.15) is 33.6 Å². The van der Waals surface area contributed by atoms with Crippen molar-refractivity contribution < 1.29 is 0 Å². The number of hydrogen-bond acceptors (Lipinski definition) is 0. The Kier molecular flexibility index (Phi) is 1.89. The Balaban J connectivity index is 2.52. The summed E-state index contributed by atoms with van der Waals surface area (Å²) >= 11 is 0. The first-order valence-electron chi connectivity index (χ1n) is 4.30. The van der Waals surface area contributed by atoms with Crippen LogP contribution in [-0.4, -0.2) is 0 Å². The van der Waals surface area contributed by atoms with E-state index in [-0.39, 0.29) is 0 Å². The second kappa shape index (κ2) is 2.41. The molecule has 1 saturated carbocycles. The molecular formula is C10H18. The number of hydrogen-bond donors (Lipinski definition) is 0. The Labute approximate surface area is 64.3 Å². The first kappa shape index (κ1) is 7.84. The summed E-state index contributed by atoms with van der Waals surface area (Å²) in [6, 6.07) is 0. The van der Waals surface area contributed by atoms with E-state index in [0.29, 0.717) is 5.41 Å². The highest BCUT2D eigenvalue weighted by Crippen LogP contribution is 2.59. The fourth-order valence-corrected chi connectivity index (χ4v) is 2.04. The van der Waals surface area contributed by atoms with Gasteiger partial charge in [-0.25, -0.2) is 0 Å². The third-order valence-electron chi connectivity index (χ3n) is 3.05. The average Bonchev–Trinajstić information content (AvgIpc) is 2.63. The molecule has 1 fully saturated rings. The van der Waals surface area contributed by atoms with Gasteiger partial charge in [0.15, 0.2) is 0 Å². The van der Waals surface area contributed by atoms with Crippen molar-refractivity contribution >= 4 is 0 Å². The summed E-state index contributed by atoms with van der Waals surface area (Å²) in [7, 11) is 0. The first-order chi connectivity index (χ1) is 4.66. The lowest BCUT2D eigenvalue weighted by molar-refractivity contribution is 0.449. The fraction of sp³-hybridized carbons (Fsp3) is 0.800. The standard InChI is InChI=1S/C10H18/c1-5-10(6-2)7-9(10)8(3)4/h5,8-9H,1,6-7H2,2-4H3. The van der Waals surface area contributed by atoms with E-state index < -0.39 is 0 Å². The molecule has 0 amide bonds. The van der Waals surface area contributed by atoms with Crippen LogP contribution in [0.5, 0.6) is 0 Å². The molecule has 0 heterocycles. The van der Waals surface area contributed by atoms with Crippen molar-refractivity contribution in [3.05, 3.63) is 12.7 Å². The predicted molar refractivity (Wildman–Crippen MR) is 45.9 cm³/mol. The summed E-state index contributed by atoms with van der Waals surface area (Å²) in [5.74, 6) is 1.77. The van der Waals surface area contributed by atoms with Crippen LogP contribution in [0.4, 0.5) is 0 Å². The highest BCUT2D eigenvalue weighted by atomic mass is 14.5. The summed E-state index contributed by atoms with van der Waals surface area (Å²) < 4.78 is 0. The van der Waals surface area contributed by atoms with Gasteiger partial charge in [-0.3, -0.25) is 0 Å². The molecule has 0 bridgehead atoms. The largest absolute Gasteiger partial charge is 0.103 e. The Hall–Kier alpha value is -0.260. The summed E-state index contributed by atoms with van der Waals surface area (Å²) in [6.07, 6.45) is 4.82. The predicted octanol–water partition coefficient (Wildman–Crippen LogP) is 3.24. The lowest BCUT2D eigenvalue weighted by Crippen LogP contribution is -2.02. The second-order valence-electron chi connectivity index (χ2n) is 3.85. The molecule has 0 aromatic heterocycles. The van der Waals surface area contributed by atoms with E-state index in [1.807, 2.05) is 0 Å². The van der Waals surface area contributed by atoms with Gasteiger partial charge in [-0.2, -0.15) is 0 Å². The minimum Gasteiger partial charge on any atom is -0.103 e. The van der Waals surface area contributed by atoms with Crippen LogP contribution >= 0.6 is 0 Å². The van der Waals surface area contributed by atoms with Crippen LogP contribution in [0.15, 0.2) is 12.7 Å². The monoisotopic (exact) mass is 138 g/mol. The average molecular weight is 138 g/mol. The molecule has 58 valence electrons. The summed E-state index contributed by atoms with van der Waals surface area (Å²) in [5, 5.41) is 0. The van der Waals surface area contributed by atoms with Crippen LogP contribution in [0.3, 0.4) is 0 Å². The van der Waals surface area contributed by atoms with E-state index in [1.165, 1.54) is 12.8 Å². The van der Waals surface area contributed by atoms with Gasteiger partial charge >= 0.3 is 0 Å². The molecule has 0 N–H and O–H groups in total. The van der Waals surface area contributed by atoms with Crippen molar-refractivity contribution in [3.8, 4) is 0 Å². The van der Waals surface area contributed by atoms with Crippen LogP contribution < -0.4 is 0 Å². The zero-order chi connectivity index (χ0) is 7.78. The highest BCUT2D eigenvalue weighted by molar-refractivity contribution is 5.12. The van der Waals surface area contributed by atoms with Gasteiger partial charge in [0.05, 0.1) is 0 Å². The summed E-state index contributed by atoms with van der Waals surface area (Å²) in [4.78, 5) is 0. The molecule has 1 aliphatic rings. The van der Waals surface area contributed by atoms with E-state index in [9.17, 15) is 0 Å². The van der Waals surface area contributed by atoms with Crippen molar-refractivity contribution in [2.24, 2.45) is 17.3 Å². The number of allylic oxidation sites excluding steroid dienone is 1. The third kappa shape index (κ3) is 1.00. The first-order valence-corrected chi connectivity index (χ1v) is 4.30. The molecular weight excluding hydrogens is 120 g/mol. The fourth-order valence-electron chi connectivity index (χ4n) is 2.04. The Morgan fingerprint density at radius 3 is 2.40 bits per heavy atom. The SMILES string of the molecule is C=CC1(CC)CC1C(C)C. The van der Waals surface area contributed by atoms with Gasteiger partial charge in [-0.05, 0) is 30.1 Å². The van der Waals surface area contributed by atoms with Gasteiger partial charge in [0, 0.05) is 0 Å². The van der Waals surface area contributed by atoms with Crippen LogP contribution in [-0.2, 0) is 0 Å². The van der Waals surface area contributed by atoms with Crippen LogP contribution in [0.25, 0.3) is 0 Å². The van der Waals surface area contributed by atoms with Crippen molar-refractivity contribution in [2.45, 2.75) is 33.6 Å². The molecule has 0 aromatic carbocycles. The molecule has 2 atom stereocenters. The Morgan fingerprint density at radius 2 is 2.30 bits per heavy atom. The maximum absolute atomic E-state index is 3.90. The molecule has 0 aromatic rings. The van der Waals surface area contributed by atoms with Crippen LogP contribution in [0.2, 0.25) is 0 Å². The van der Waals surface area contributed by atoms with Crippen molar-refractivity contribution in [1.29, 1.82) is 0 Å². The molecule has 0 heteroatoms. The third-order valence-corrected chi connectivity index (χ3v) is 3.05. The summed E-state index contributed by atoms with van der Waals surface area (Å²) in [5.41, 5.74) is 0.536. The van der Waals surface area contributed by atoms with Gasteiger partial charge in [0.1, 0.15) is 0 Å². The van der Waals surface area contributed by atoms with Gasteiger partial charge in [-0.15, -0.1) is 6.58 Å². The van der Waals surface area contributed by atoms with Crippen molar-refractivity contribution in [1.82, 2.24) is 0 Å². The van der Waals surface area contributed by atoms with E-state index in [4.69, 9.17) is 0 Å². The van der Waals surface area contributed by atoms with Gasteiger partial charge in [0.2, 0.25) is 0 Å². The van der Waals surface area contributed by atoms with E-state index in [1.54, 1.807) is 0 Å². The van der Waals surface area contributed by atoms with Gasteiger partial charge < -0.3 is 0 Å². The smallest absolute Gasteiger partial charge is 0.00895 e. The molecule has 0 aliphatic heterocycles. The van der Waals surface area contributed by atoms with Crippen molar-refractivity contribution in [3.63, 3.8) is 0 Å². The van der Waals surface area contributed by atoms with Crippen molar-refractivity contribution in [2.75, 3.05) is 0 Å². The molecule has 1 rings (SSSR count). The second-order valence-corrected chi connectivity index (χ2v) is 3.85. The lowest BCUT2D eigenvalue weighted by Gasteiger charge is -2.10. The van der Waals surface area contributed by atoms with Gasteiger partial charge in [0.25, 0.3) is 0 Å². The lowest BCUT2D eigenvalue weighted by atomic mass is 9.95. The zero-order valence-corrected chi connectivity index (χ0v) is 7.35. The van der Waals surface area contributed by atoms with Gasteiger partial charge in [-0.1, -0.05) is 26.8 Å². The molecule has 2 unspecified atom stereocenters. The number of rotatable bonds is 3. The van der Waals surface area contributed by atoms with E-state index >= 15 is 0 Å².